The van der Waals surface area contributed by atoms with Gasteiger partial charge in [-0.1, -0.05) is 0 Å². The van der Waals surface area contributed by atoms with Gasteiger partial charge in [0.2, 0.25) is 5.91 Å². The molecule has 1 amide bonds. The van der Waals surface area contributed by atoms with Crippen molar-refractivity contribution in [3.8, 4) is 0 Å². The van der Waals surface area contributed by atoms with Gasteiger partial charge in [0.15, 0.2) is 0 Å². The molecule has 0 heterocycles. The monoisotopic (exact) mass is 307 g/mol. The zero-order valence-electron chi connectivity index (χ0n) is 9.42. The van der Waals surface area contributed by atoms with Crippen LogP contribution in [0.2, 0.25) is 0 Å². The molecule has 6 nitrogen and oxygen atoms in total. The molecule has 0 aromatic carbocycles. The zero-order valence-corrected chi connectivity index (χ0v) is 11.9. The van der Waals surface area contributed by atoms with Crippen molar-refractivity contribution in [3.63, 3.8) is 0 Å². The number of thioether (sulfide) groups is 1. The molecule has 0 aromatic rings. The Balaban J connectivity index is -0.000000980. The van der Waals surface area contributed by atoms with E-state index in [-0.39, 0.29) is 24.8 Å². The molecule has 0 saturated carbocycles. The summed E-state index contributed by atoms with van der Waals surface area (Å²) in [5.41, 5.74) is 10.7. The number of carbonyl (C=O) groups excluding carboxylic acids is 1. The summed E-state index contributed by atoms with van der Waals surface area (Å²) in [6.07, 6.45) is 2.11. The van der Waals surface area contributed by atoms with E-state index in [1.165, 1.54) is 11.8 Å². The molecule has 0 aromatic heterocycles. The zero-order chi connectivity index (χ0) is 11.8. The number of nitrogens with one attached hydrogen (secondary N) is 1. The number of nitrogens with two attached hydrogens (primary N) is 2. The maximum atomic E-state index is 11.4. The minimum absolute atomic E-state index is 0. The lowest BCUT2D eigenvalue weighted by atomic mass is 10.2. The second-order valence-corrected chi connectivity index (χ2v) is 3.95. The van der Waals surface area contributed by atoms with Gasteiger partial charge in [-0.05, 0) is 19.2 Å². The Labute approximate surface area is 117 Å². The summed E-state index contributed by atoms with van der Waals surface area (Å²) in [5, 5.41) is 11.1. The molecule has 0 radical (unpaired) electrons. The molecule has 0 aliphatic heterocycles. The Hall–Kier alpha value is -0.210. The second kappa shape index (κ2) is 12.3. The summed E-state index contributed by atoms with van der Waals surface area (Å²) in [6, 6.07) is -1.63. The number of carbonyl (C=O) groups is 2. The number of amides is 1. The van der Waals surface area contributed by atoms with Gasteiger partial charge in [0, 0.05) is 5.75 Å². The van der Waals surface area contributed by atoms with Gasteiger partial charge in [-0.2, -0.15) is 11.8 Å². The normalized spacial score (nSPS) is 12.6. The Bertz CT molecular complexity index is 234. The van der Waals surface area contributed by atoms with E-state index < -0.39 is 24.0 Å². The Morgan fingerprint density at radius 2 is 1.94 bits per heavy atom. The number of carboxylic acids is 1. The van der Waals surface area contributed by atoms with Crippen LogP contribution in [-0.4, -0.2) is 47.6 Å². The second-order valence-electron chi connectivity index (χ2n) is 3.04. The smallest absolute Gasteiger partial charge is 0.327 e. The van der Waals surface area contributed by atoms with Gasteiger partial charge in [0.05, 0.1) is 6.04 Å². The SMILES string of the molecule is CSC[C@H](NC(=O)[C@@H](N)CCN)C(=O)O.Cl.Cl. The van der Waals surface area contributed by atoms with Crippen molar-refractivity contribution in [3.05, 3.63) is 0 Å². The van der Waals surface area contributed by atoms with Crippen LogP contribution in [0, 0.1) is 0 Å². The largest absolute Gasteiger partial charge is 0.480 e. The highest BCUT2D eigenvalue weighted by Crippen LogP contribution is 1.98. The number of hydrogen-bond donors (Lipinski definition) is 4. The summed E-state index contributed by atoms with van der Waals surface area (Å²) in [4.78, 5) is 22.1. The van der Waals surface area contributed by atoms with Crippen LogP contribution < -0.4 is 16.8 Å². The topological polar surface area (TPSA) is 118 Å². The standard InChI is InChI=1S/C8H17N3O3S.2ClH/c1-15-4-6(8(13)14)11-7(12)5(10)2-3-9;;/h5-6H,2-4,9-10H2,1H3,(H,11,12)(H,13,14);2*1H/t5-,6-;;/m0../s1. The van der Waals surface area contributed by atoms with E-state index in [0.29, 0.717) is 18.7 Å². The molecule has 0 fully saturated rings. The fraction of sp³-hybridized carbons (Fsp3) is 0.750. The molecule has 0 aliphatic carbocycles. The summed E-state index contributed by atoms with van der Waals surface area (Å²) < 4.78 is 0. The van der Waals surface area contributed by atoms with Gasteiger partial charge < -0.3 is 21.9 Å². The van der Waals surface area contributed by atoms with Crippen LogP contribution in [0.3, 0.4) is 0 Å². The van der Waals surface area contributed by atoms with Crippen LogP contribution in [0.25, 0.3) is 0 Å². The Morgan fingerprint density at radius 1 is 1.41 bits per heavy atom. The van der Waals surface area contributed by atoms with Crippen LogP contribution in [0.1, 0.15) is 6.42 Å². The maximum absolute atomic E-state index is 11.4. The molecule has 6 N–H and O–H groups in total. The number of halogens is 2. The first-order valence-corrected chi connectivity index (χ1v) is 5.90. The molecule has 0 rings (SSSR count). The van der Waals surface area contributed by atoms with E-state index in [0.717, 1.165) is 0 Å². The number of aliphatic carboxylic acids is 1. The van der Waals surface area contributed by atoms with Crippen molar-refractivity contribution in [2.45, 2.75) is 18.5 Å². The first-order chi connectivity index (χ1) is 7.02. The van der Waals surface area contributed by atoms with E-state index in [1.54, 1.807) is 6.26 Å². The lowest BCUT2D eigenvalue weighted by molar-refractivity contribution is -0.141. The van der Waals surface area contributed by atoms with Crippen molar-refractivity contribution in [1.82, 2.24) is 5.32 Å². The average Bonchev–Trinajstić information content (AvgIpc) is 2.17. The van der Waals surface area contributed by atoms with Crippen LogP contribution in [0.15, 0.2) is 0 Å². The number of hydrogen-bond acceptors (Lipinski definition) is 5. The highest BCUT2D eigenvalue weighted by Gasteiger charge is 2.22. The Kier molecular flexibility index (Phi) is 15.9. The number of carboxylic acid groups (broad SMARTS) is 1. The van der Waals surface area contributed by atoms with Crippen LogP contribution in [-0.2, 0) is 9.59 Å². The minimum atomic E-state index is -1.06. The van der Waals surface area contributed by atoms with Crippen molar-refractivity contribution in [2.75, 3.05) is 18.6 Å². The van der Waals surface area contributed by atoms with E-state index >= 15 is 0 Å². The lowest BCUT2D eigenvalue weighted by Gasteiger charge is -2.16. The third-order valence-corrected chi connectivity index (χ3v) is 2.43. The van der Waals surface area contributed by atoms with Gasteiger partial charge in [0.1, 0.15) is 6.04 Å². The first-order valence-electron chi connectivity index (χ1n) is 4.50. The van der Waals surface area contributed by atoms with Crippen molar-refractivity contribution < 1.29 is 14.7 Å². The predicted octanol–water partition coefficient (Wildman–Crippen LogP) is -0.561. The van der Waals surface area contributed by atoms with Gasteiger partial charge in [0.25, 0.3) is 0 Å². The van der Waals surface area contributed by atoms with Crippen molar-refractivity contribution in [2.24, 2.45) is 11.5 Å². The molecule has 9 heteroatoms. The van der Waals surface area contributed by atoms with Crippen molar-refractivity contribution >= 4 is 48.5 Å². The number of rotatable bonds is 7. The van der Waals surface area contributed by atoms with Gasteiger partial charge >= 0.3 is 5.97 Å². The molecule has 0 saturated heterocycles. The predicted molar refractivity (Wildman–Crippen MR) is 74.1 cm³/mol. The average molecular weight is 308 g/mol. The van der Waals surface area contributed by atoms with Gasteiger partial charge in [-0.25, -0.2) is 4.79 Å². The molecular weight excluding hydrogens is 289 g/mol. The molecule has 0 unspecified atom stereocenters. The molecule has 2 atom stereocenters. The lowest BCUT2D eigenvalue weighted by Crippen LogP contribution is -2.50. The van der Waals surface area contributed by atoms with E-state index in [2.05, 4.69) is 5.32 Å². The van der Waals surface area contributed by atoms with Gasteiger partial charge in [-0.15, -0.1) is 24.8 Å². The van der Waals surface area contributed by atoms with Crippen molar-refractivity contribution in [1.29, 1.82) is 0 Å². The quantitative estimate of drug-likeness (QED) is 0.500. The minimum Gasteiger partial charge on any atom is -0.480 e. The molecule has 17 heavy (non-hydrogen) atoms. The van der Waals surface area contributed by atoms with Crippen LogP contribution >= 0.6 is 36.6 Å². The van der Waals surface area contributed by atoms with E-state index in [9.17, 15) is 9.59 Å². The third kappa shape index (κ3) is 9.49. The summed E-state index contributed by atoms with van der Waals surface area (Å²) >= 11 is 1.34. The summed E-state index contributed by atoms with van der Waals surface area (Å²) in [7, 11) is 0. The first kappa shape index (κ1) is 22.0. The van der Waals surface area contributed by atoms with E-state index in [1.807, 2.05) is 0 Å². The Morgan fingerprint density at radius 3 is 2.29 bits per heavy atom. The molecular formula is C8H19Cl2N3O3S. The van der Waals surface area contributed by atoms with Gasteiger partial charge in [-0.3, -0.25) is 4.79 Å². The van der Waals surface area contributed by atoms with E-state index in [4.69, 9.17) is 16.6 Å². The summed E-state index contributed by atoms with van der Waals surface area (Å²) in [5.74, 6) is -1.21. The van der Waals surface area contributed by atoms with Crippen LogP contribution in [0.4, 0.5) is 0 Å². The summed E-state index contributed by atoms with van der Waals surface area (Å²) in [6.45, 7) is 0.300. The third-order valence-electron chi connectivity index (χ3n) is 1.76. The van der Waals surface area contributed by atoms with Crippen LogP contribution in [0.5, 0.6) is 0 Å². The maximum Gasteiger partial charge on any atom is 0.327 e. The molecule has 104 valence electrons. The molecule has 0 bridgehead atoms. The fourth-order valence-electron chi connectivity index (χ4n) is 0.931. The molecule has 0 spiro atoms. The molecule has 0 aliphatic rings. The highest BCUT2D eigenvalue weighted by atomic mass is 35.5. The highest BCUT2D eigenvalue weighted by molar-refractivity contribution is 7.98. The fourth-order valence-corrected chi connectivity index (χ4v) is 1.49.